The molecule has 13 aromatic rings. The van der Waals surface area contributed by atoms with E-state index in [1.807, 2.05) is 60.7 Å². The Morgan fingerprint density at radius 2 is 0.846 bits per heavy atom. The van der Waals surface area contributed by atoms with Crippen LogP contribution < -0.4 is 40.0 Å². The van der Waals surface area contributed by atoms with E-state index >= 15 is 0 Å². The van der Waals surface area contributed by atoms with Gasteiger partial charge in [-0.15, -0.1) is 0 Å². The molecule has 0 bridgehead atoms. The van der Waals surface area contributed by atoms with Crippen molar-refractivity contribution in [2.75, 3.05) is 21.3 Å². The van der Waals surface area contributed by atoms with Crippen LogP contribution in [0.5, 0.6) is 103 Å². The number of hydrogen-bond donors (Lipinski definition) is 15. The zero-order valence-corrected chi connectivity index (χ0v) is 54.9. The van der Waals surface area contributed by atoms with Gasteiger partial charge in [-0.05, 0) is 65.7 Å². The second-order valence-corrected chi connectivity index (χ2v) is 23.4. The summed E-state index contributed by atoms with van der Waals surface area (Å²) in [6, 6.07) is 49.2. The quantitative estimate of drug-likeness (QED) is 0.0628. The molecule has 104 heavy (non-hydrogen) atoms. The Balaban J connectivity index is 0.000000130. The SMILES string of the molecule is COc1cc(-c2oc3cc(O)cc(O)c3c(=O)c2O)ccc1O.COc1cc(OC)c2c(=O)cc(-c3ccccc3)oc2c1.O=c1cc(-c2ccccc2)oc2cc(O)ccc12.Oc1cc(O)c2c(c1)OC(c1ccc(O)c(O)c1)C(O)C2.Oc1cc(O)c2c(c1)O[C@H](c1ccc(O)c(O)c1)[C@@H](O)C2. The Morgan fingerprint density at radius 1 is 0.365 bits per heavy atom. The molecule has 0 saturated heterocycles. The molecule has 4 atom stereocenters. The van der Waals surface area contributed by atoms with E-state index in [1.54, 1.807) is 25.3 Å². The Hall–Kier alpha value is -13.9. The maximum Gasteiger partial charge on any atom is 0.238 e. The minimum Gasteiger partial charge on any atom is -0.508 e. The molecule has 2 aliphatic heterocycles. The Labute approximate surface area is 587 Å². The van der Waals surface area contributed by atoms with Crippen LogP contribution in [0.1, 0.15) is 34.5 Å². The largest absolute Gasteiger partial charge is 0.508 e. The van der Waals surface area contributed by atoms with E-state index in [1.165, 1.54) is 117 Å². The van der Waals surface area contributed by atoms with Crippen molar-refractivity contribution in [3.8, 4) is 137 Å². The third kappa shape index (κ3) is 15.5. The number of rotatable bonds is 8. The lowest BCUT2D eigenvalue weighted by Crippen LogP contribution is -2.30. The molecule has 15 rings (SSSR count). The summed E-state index contributed by atoms with van der Waals surface area (Å²) < 4.78 is 43.6. The minimum atomic E-state index is -0.933. The summed E-state index contributed by atoms with van der Waals surface area (Å²) in [5.41, 5.74) is 3.38. The van der Waals surface area contributed by atoms with E-state index in [0.29, 0.717) is 67.2 Å². The maximum absolute atomic E-state index is 12.4. The maximum atomic E-state index is 12.4. The van der Waals surface area contributed by atoms with Crippen LogP contribution in [-0.4, -0.2) is 110 Å². The number of methoxy groups -OCH3 is 3. The third-order valence-electron chi connectivity index (χ3n) is 16.5. The van der Waals surface area contributed by atoms with Gasteiger partial charge in [0.1, 0.15) is 114 Å². The first-order valence-electron chi connectivity index (χ1n) is 31.3. The standard InChI is InChI=1S/C17H14O4.C16H12O7.2C15H14O6.C15H10O3/c1-19-12-8-15(20-2)17-13(18)10-14(21-16(17)9-12)11-6-4-3-5-7-11;1-22-11-4-7(2-3-9(11)18)16-15(21)14(20)13-10(19)5-8(17)6-12(13)23-16;2*16-8-4-11(18)9-6-13(20)15(21-14(9)5-8)7-1-2-10(17)12(19)3-7;16-11-6-7-12-13(17)9-14(18-15(12)8-11)10-4-2-1-3-5-10/h3-10H,1-2H3;2-6,17-19,21H,1H3;2*1-5,13,15-20H,6H2;1-9,16H/t;;13-,15+;;/m..0../s1. The van der Waals surface area contributed by atoms with Crippen molar-refractivity contribution < 1.29 is 114 Å². The molecule has 0 amide bonds. The van der Waals surface area contributed by atoms with Gasteiger partial charge in [-0.3, -0.25) is 14.4 Å². The molecule has 0 aliphatic carbocycles. The first-order chi connectivity index (χ1) is 49.8. The highest BCUT2D eigenvalue weighted by molar-refractivity contribution is 5.89. The van der Waals surface area contributed by atoms with E-state index in [-0.39, 0.29) is 126 Å². The van der Waals surface area contributed by atoms with Crippen LogP contribution in [0.3, 0.4) is 0 Å². The number of aliphatic hydroxyl groups excluding tert-OH is 2. The zero-order valence-electron chi connectivity index (χ0n) is 54.9. The van der Waals surface area contributed by atoms with E-state index in [2.05, 4.69) is 0 Å². The highest BCUT2D eigenvalue weighted by Crippen LogP contribution is 2.46. The van der Waals surface area contributed by atoms with Gasteiger partial charge in [0.15, 0.2) is 51.1 Å². The van der Waals surface area contributed by atoms with Crippen molar-refractivity contribution in [3.63, 3.8) is 0 Å². The first-order valence-corrected chi connectivity index (χ1v) is 31.3. The highest BCUT2D eigenvalue weighted by Gasteiger charge is 2.34. The minimum absolute atomic E-state index is 0.0795. The molecule has 2 aliphatic rings. The number of phenols is 12. The Kier molecular flexibility index (Phi) is 20.8. The molecule has 0 radical (unpaired) electrons. The van der Waals surface area contributed by atoms with Crippen molar-refractivity contribution in [2.45, 2.75) is 37.3 Å². The normalized spacial score (nSPS) is 14.7. The second-order valence-electron chi connectivity index (χ2n) is 23.4. The fourth-order valence-corrected chi connectivity index (χ4v) is 11.4. The molecular weight excluding hydrogens is 1350 g/mol. The van der Waals surface area contributed by atoms with Crippen molar-refractivity contribution in [2.24, 2.45) is 0 Å². The summed E-state index contributed by atoms with van der Waals surface area (Å²) in [5, 5.41) is 146. The molecule has 10 aromatic carbocycles. The smallest absolute Gasteiger partial charge is 0.238 e. The lowest BCUT2D eigenvalue weighted by Gasteiger charge is -2.31. The van der Waals surface area contributed by atoms with Gasteiger partial charge in [0.25, 0.3) is 0 Å². The zero-order chi connectivity index (χ0) is 74.4. The fourth-order valence-electron chi connectivity index (χ4n) is 11.4. The number of fused-ring (bicyclic) bond motifs is 5. The van der Waals surface area contributed by atoms with Crippen LogP contribution in [0.4, 0.5) is 0 Å². The number of hydrogen-bond acceptors (Lipinski definition) is 26. The molecule has 3 aromatic heterocycles. The summed E-state index contributed by atoms with van der Waals surface area (Å²) >= 11 is 0. The number of aromatic hydroxyl groups is 13. The van der Waals surface area contributed by atoms with Gasteiger partial charge in [0.2, 0.25) is 11.2 Å². The summed E-state index contributed by atoms with van der Waals surface area (Å²) in [6.07, 6.45) is -3.12. The fraction of sp³-hybridized carbons (Fsp3) is 0.115. The van der Waals surface area contributed by atoms with Gasteiger partial charge in [-0.1, -0.05) is 72.8 Å². The van der Waals surface area contributed by atoms with Gasteiger partial charge in [0, 0.05) is 107 Å². The van der Waals surface area contributed by atoms with Crippen LogP contribution in [0.2, 0.25) is 0 Å². The average Bonchev–Trinajstić information content (AvgIpc) is 0.777. The molecule has 2 unspecified atom stereocenters. The van der Waals surface area contributed by atoms with E-state index in [0.717, 1.165) is 23.3 Å². The summed E-state index contributed by atoms with van der Waals surface area (Å²) in [5.74, 6) is -0.724. The molecule has 26 nitrogen and oxygen atoms in total. The predicted molar refractivity (Wildman–Crippen MR) is 377 cm³/mol. The summed E-state index contributed by atoms with van der Waals surface area (Å²) in [6.45, 7) is 0. The number of phenolic OH excluding ortho intramolecular Hbond substituents is 12. The Morgan fingerprint density at radius 3 is 1.37 bits per heavy atom. The second kappa shape index (κ2) is 30.3. The Bertz CT molecular complexity index is 5420. The van der Waals surface area contributed by atoms with Gasteiger partial charge in [0.05, 0.1) is 38.9 Å². The molecule has 5 heterocycles. The number of ether oxygens (including phenoxy) is 5. The summed E-state index contributed by atoms with van der Waals surface area (Å²) in [4.78, 5) is 36.6. The molecule has 0 fully saturated rings. The predicted octanol–water partition coefficient (Wildman–Crippen LogP) is 12.0. The lowest BCUT2D eigenvalue weighted by atomic mass is 9.94. The van der Waals surface area contributed by atoms with Crippen molar-refractivity contribution in [3.05, 3.63) is 247 Å². The molecular formula is C78H64O26. The lowest BCUT2D eigenvalue weighted by molar-refractivity contribution is 0.0196. The van der Waals surface area contributed by atoms with E-state index in [9.17, 15) is 91.0 Å². The van der Waals surface area contributed by atoms with Crippen LogP contribution in [0.15, 0.2) is 222 Å². The number of aliphatic hydroxyl groups is 2. The van der Waals surface area contributed by atoms with Crippen molar-refractivity contribution >= 4 is 32.9 Å². The monoisotopic (exact) mass is 1420 g/mol. The molecule has 26 heteroatoms. The van der Waals surface area contributed by atoms with Gasteiger partial charge >= 0.3 is 0 Å². The van der Waals surface area contributed by atoms with Gasteiger partial charge < -0.3 is 114 Å². The van der Waals surface area contributed by atoms with Crippen molar-refractivity contribution in [1.82, 2.24) is 0 Å². The average molecular weight is 1420 g/mol. The van der Waals surface area contributed by atoms with Crippen LogP contribution >= 0.6 is 0 Å². The van der Waals surface area contributed by atoms with E-state index in [4.69, 9.17) is 36.9 Å². The highest BCUT2D eigenvalue weighted by atomic mass is 16.5. The van der Waals surface area contributed by atoms with Crippen molar-refractivity contribution in [1.29, 1.82) is 0 Å². The molecule has 0 saturated carbocycles. The van der Waals surface area contributed by atoms with Gasteiger partial charge in [-0.25, -0.2) is 0 Å². The van der Waals surface area contributed by atoms with Gasteiger partial charge in [-0.2, -0.15) is 0 Å². The third-order valence-corrected chi connectivity index (χ3v) is 16.5. The molecule has 0 spiro atoms. The summed E-state index contributed by atoms with van der Waals surface area (Å²) in [7, 11) is 4.42. The van der Waals surface area contributed by atoms with Crippen LogP contribution in [0, 0.1) is 0 Å². The van der Waals surface area contributed by atoms with Crippen LogP contribution in [0.25, 0.3) is 66.9 Å². The first kappa shape index (κ1) is 71.4. The molecule has 532 valence electrons. The van der Waals surface area contributed by atoms with Crippen LogP contribution in [-0.2, 0) is 12.8 Å². The topological polar surface area (TPSA) is 440 Å². The molecule has 15 N–H and O–H groups in total. The van der Waals surface area contributed by atoms with E-state index < -0.39 is 41.3 Å². The number of benzene rings is 10.